The first-order valence-electron chi connectivity index (χ1n) is 8.23. The second-order valence-electron chi connectivity index (χ2n) is 6.20. The van der Waals surface area contributed by atoms with E-state index in [1.165, 1.54) is 0 Å². The number of ether oxygens (including phenoxy) is 1. The monoisotopic (exact) mass is 476 g/mol. The average molecular weight is 478 g/mol. The maximum absolute atomic E-state index is 11.6. The Morgan fingerprint density at radius 2 is 1.88 bits per heavy atom. The Balaban J connectivity index is 1.74. The zero-order valence-electron chi connectivity index (χ0n) is 13.8. The molecule has 6 nitrogen and oxygen atoms in total. The zero-order chi connectivity index (χ0) is 18.4. The Kier molecular flexibility index (Phi) is 7.71. The predicted octanol–water partition coefficient (Wildman–Crippen LogP) is 3.60. The molecule has 0 saturated heterocycles. The van der Waals surface area contributed by atoms with Crippen molar-refractivity contribution in [1.82, 2.24) is 5.32 Å². The molecule has 1 fully saturated rings. The highest BCUT2D eigenvalue weighted by molar-refractivity contribution is 9.11. The van der Waals surface area contributed by atoms with Crippen molar-refractivity contribution in [2.75, 3.05) is 5.73 Å². The topological polar surface area (TPSA) is 102 Å². The first-order valence-corrected chi connectivity index (χ1v) is 9.81. The number of nitrogens with one attached hydrogen (secondary N) is 1. The Hall–Kier alpha value is -1.12. The van der Waals surface area contributed by atoms with E-state index >= 15 is 0 Å². The molecule has 2 rings (SSSR count). The van der Waals surface area contributed by atoms with Crippen LogP contribution in [0.2, 0.25) is 0 Å². The van der Waals surface area contributed by atoms with Crippen molar-refractivity contribution in [3.05, 3.63) is 26.6 Å². The molecule has 1 saturated carbocycles. The first kappa shape index (κ1) is 20.2. The van der Waals surface area contributed by atoms with E-state index in [4.69, 9.17) is 15.6 Å². The van der Waals surface area contributed by atoms with Crippen molar-refractivity contribution >= 4 is 49.5 Å². The number of carboxylic acid groups (broad SMARTS) is 1. The van der Waals surface area contributed by atoms with Crippen LogP contribution in [-0.2, 0) is 20.9 Å². The van der Waals surface area contributed by atoms with Gasteiger partial charge in [0, 0.05) is 21.5 Å². The highest BCUT2D eigenvalue weighted by Crippen LogP contribution is 2.29. The van der Waals surface area contributed by atoms with Crippen LogP contribution in [0.15, 0.2) is 21.1 Å². The molecule has 8 heteroatoms. The van der Waals surface area contributed by atoms with Crippen LogP contribution < -0.4 is 11.1 Å². The van der Waals surface area contributed by atoms with Gasteiger partial charge in [-0.25, -0.2) is 0 Å². The van der Waals surface area contributed by atoms with Crippen LogP contribution in [0.4, 0.5) is 5.69 Å². The van der Waals surface area contributed by atoms with E-state index in [2.05, 4.69) is 37.2 Å². The molecule has 0 aromatic heterocycles. The third-order valence-corrected chi connectivity index (χ3v) is 5.39. The van der Waals surface area contributed by atoms with Crippen LogP contribution in [0.1, 0.15) is 44.1 Å². The molecule has 4 N–H and O–H groups in total. The molecular formula is C17H22Br2N2O4. The molecule has 25 heavy (non-hydrogen) atoms. The van der Waals surface area contributed by atoms with Crippen LogP contribution in [0.25, 0.3) is 0 Å². The average Bonchev–Trinajstić information content (AvgIpc) is 2.56. The van der Waals surface area contributed by atoms with Crippen molar-refractivity contribution < 1.29 is 19.4 Å². The van der Waals surface area contributed by atoms with Crippen molar-refractivity contribution in [2.45, 2.75) is 57.2 Å². The minimum atomic E-state index is -0.983. The summed E-state index contributed by atoms with van der Waals surface area (Å²) in [5.41, 5.74) is 7.85. The third-order valence-electron chi connectivity index (χ3n) is 4.28. The summed E-state index contributed by atoms with van der Waals surface area (Å²) in [6.45, 7) is 0.678. The van der Waals surface area contributed by atoms with Gasteiger partial charge >= 0.3 is 11.9 Å². The maximum atomic E-state index is 11.6. The largest absolute Gasteiger partial charge is 0.481 e. The molecule has 1 aliphatic carbocycles. The van der Waals surface area contributed by atoms with Crippen molar-refractivity contribution in [1.29, 1.82) is 0 Å². The lowest BCUT2D eigenvalue weighted by Gasteiger charge is -2.29. The highest BCUT2D eigenvalue weighted by atomic mass is 79.9. The van der Waals surface area contributed by atoms with Gasteiger partial charge in [-0.05, 0) is 59.3 Å². The van der Waals surface area contributed by atoms with Gasteiger partial charge in [-0.15, -0.1) is 0 Å². The lowest BCUT2D eigenvalue weighted by atomic mass is 9.92. The third kappa shape index (κ3) is 6.60. The number of nitrogens with two attached hydrogens (primary N) is 1. The fourth-order valence-electron chi connectivity index (χ4n) is 2.88. The van der Waals surface area contributed by atoms with Crippen LogP contribution in [0.3, 0.4) is 0 Å². The summed E-state index contributed by atoms with van der Waals surface area (Å²) in [6, 6.07) is 4.28. The first-order chi connectivity index (χ1) is 11.8. The Bertz CT molecular complexity index is 631. The van der Waals surface area contributed by atoms with Gasteiger partial charge in [0.1, 0.15) is 6.10 Å². The summed E-state index contributed by atoms with van der Waals surface area (Å²) in [7, 11) is 0. The smallest absolute Gasteiger partial charge is 0.306 e. The van der Waals surface area contributed by atoms with Gasteiger partial charge in [-0.2, -0.15) is 0 Å². The number of halogens is 2. The number of carbonyl (C=O) groups is 2. The van der Waals surface area contributed by atoms with Crippen LogP contribution in [0, 0.1) is 0 Å². The molecule has 0 spiro atoms. The van der Waals surface area contributed by atoms with Gasteiger partial charge in [0.05, 0.1) is 18.5 Å². The minimum absolute atomic E-state index is 0.0649. The molecule has 0 aliphatic heterocycles. The fraction of sp³-hybridized carbons (Fsp3) is 0.529. The number of carboxylic acids is 1. The van der Waals surface area contributed by atoms with E-state index in [0.29, 0.717) is 12.6 Å². The number of esters is 1. The number of rotatable bonds is 7. The molecule has 138 valence electrons. The lowest BCUT2D eigenvalue weighted by Crippen LogP contribution is -2.35. The van der Waals surface area contributed by atoms with Gasteiger partial charge in [0.15, 0.2) is 0 Å². The summed E-state index contributed by atoms with van der Waals surface area (Å²) in [4.78, 5) is 22.0. The number of anilines is 1. The van der Waals surface area contributed by atoms with Gasteiger partial charge in [0.2, 0.25) is 0 Å². The second-order valence-corrected chi connectivity index (χ2v) is 7.97. The summed E-state index contributed by atoms with van der Waals surface area (Å²) < 4.78 is 7.19. The molecule has 0 amide bonds. The van der Waals surface area contributed by atoms with Crippen molar-refractivity contribution in [3.63, 3.8) is 0 Å². The van der Waals surface area contributed by atoms with Gasteiger partial charge < -0.3 is 20.9 Å². The van der Waals surface area contributed by atoms with Crippen molar-refractivity contribution in [3.8, 4) is 0 Å². The molecule has 1 aliphatic rings. The van der Waals surface area contributed by atoms with E-state index in [1.807, 2.05) is 12.1 Å². The van der Waals surface area contributed by atoms with Gasteiger partial charge in [-0.1, -0.05) is 15.9 Å². The van der Waals surface area contributed by atoms with Gasteiger partial charge in [-0.3, -0.25) is 9.59 Å². The van der Waals surface area contributed by atoms with Gasteiger partial charge in [0.25, 0.3) is 0 Å². The Morgan fingerprint density at radius 1 is 1.20 bits per heavy atom. The fourth-order valence-corrected chi connectivity index (χ4v) is 4.19. The SMILES string of the molecule is Nc1c(Br)cc(Br)cc1CNC1CCC(OC(=O)CCC(=O)O)CC1. The molecule has 0 radical (unpaired) electrons. The van der Waals surface area contributed by atoms with Crippen molar-refractivity contribution in [2.24, 2.45) is 0 Å². The summed E-state index contributed by atoms with van der Waals surface area (Å²) in [6.07, 6.45) is 3.04. The lowest BCUT2D eigenvalue weighted by molar-refractivity contribution is -0.153. The highest BCUT2D eigenvalue weighted by Gasteiger charge is 2.24. The van der Waals surface area contributed by atoms with E-state index in [0.717, 1.165) is 45.9 Å². The maximum Gasteiger partial charge on any atom is 0.306 e. The summed E-state index contributed by atoms with van der Waals surface area (Å²) >= 11 is 6.91. The molecule has 0 bridgehead atoms. The van der Waals surface area contributed by atoms with Crippen LogP contribution in [0.5, 0.6) is 0 Å². The van der Waals surface area contributed by atoms with Crippen LogP contribution in [-0.4, -0.2) is 29.2 Å². The number of hydrogen-bond donors (Lipinski definition) is 3. The molecule has 1 aromatic carbocycles. The number of hydrogen-bond acceptors (Lipinski definition) is 5. The normalized spacial score (nSPS) is 20.2. The zero-order valence-corrected chi connectivity index (χ0v) is 16.9. The number of carbonyl (C=O) groups excluding carboxylic acids is 1. The number of nitrogen functional groups attached to an aromatic ring is 1. The Labute approximate surface area is 163 Å². The molecule has 0 atom stereocenters. The summed E-state index contributed by atoms with van der Waals surface area (Å²) in [5, 5.41) is 12.1. The minimum Gasteiger partial charge on any atom is -0.481 e. The van der Waals surface area contributed by atoms with E-state index in [-0.39, 0.29) is 18.9 Å². The molecule has 0 unspecified atom stereocenters. The van der Waals surface area contributed by atoms with E-state index in [9.17, 15) is 9.59 Å². The summed E-state index contributed by atoms with van der Waals surface area (Å²) in [5.74, 6) is -1.41. The standard InChI is InChI=1S/C17H22Br2N2O4/c18-11-7-10(17(20)14(19)8-11)9-21-12-1-3-13(4-2-12)25-16(24)6-5-15(22)23/h7-8,12-13,21H,1-6,9,20H2,(H,22,23). The number of benzene rings is 1. The number of aliphatic carboxylic acids is 1. The van der Waals surface area contributed by atoms with E-state index < -0.39 is 11.9 Å². The molecule has 0 heterocycles. The second kappa shape index (κ2) is 9.54. The molecular weight excluding hydrogens is 456 g/mol. The quantitative estimate of drug-likeness (QED) is 0.409. The van der Waals surface area contributed by atoms with E-state index in [1.54, 1.807) is 0 Å². The predicted molar refractivity (Wildman–Crippen MR) is 102 cm³/mol. The Morgan fingerprint density at radius 3 is 2.52 bits per heavy atom. The molecule has 1 aromatic rings. The van der Waals surface area contributed by atoms with Crippen LogP contribution >= 0.6 is 31.9 Å².